The molecule has 15 heteroatoms. The van der Waals surface area contributed by atoms with E-state index in [0.29, 0.717) is 12.8 Å². The molecule has 0 saturated carbocycles. The Labute approximate surface area is 240 Å². The Kier molecular flexibility index (Phi) is 16.2. The summed E-state index contributed by atoms with van der Waals surface area (Å²) in [6.45, 7) is 11.3. The number of aliphatic carboxylic acids is 2. The molecule has 234 valence electrons. The average Bonchev–Trinajstić information content (AvgIpc) is 2.87. The van der Waals surface area contributed by atoms with Gasteiger partial charge >= 0.3 is 11.9 Å². The maximum absolute atomic E-state index is 13.0. The van der Waals surface area contributed by atoms with Gasteiger partial charge in [-0.2, -0.15) is 0 Å². The quantitative estimate of drug-likeness (QED) is 0.0956. The third kappa shape index (κ3) is 13.9. The first-order valence-corrected chi connectivity index (χ1v) is 13.6. The summed E-state index contributed by atoms with van der Waals surface area (Å²) >= 11 is 0. The Bertz CT molecular complexity index is 958. The van der Waals surface area contributed by atoms with Crippen molar-refractivity contribution in [3.05, 3.63) is 0 Å². The number of hydrogen-bond donors (Lipinski definition) is 8. The van der Waals surface area contributed by atoms with E-state index in [-0.39, 0.29) is 18.3 Å². The summed E-state index contributed by atoms with van der Waals surface area (Å²) in [6.07, 6.45) is 0.131. The van der Waals surface area contributed by atoms with Crippen LogP contribution in [0.5, 0.6) is 0 Å². The van der Waals surface area contributed by atoms with Gasteiger partial charge in [0.15, 0.2) is 0 Å². The van der Waals surface area contributed by atoms with E-state index in [1.54, 1.807) is 6.92 Å². The van der Waals surface area contributed by atoms with Crippen LogP contribution in [0.3, 0.4) is 0 Å². The fourth-order valence-corrected chi connectivity index (χ4v) is 3.56. The Balaban J connectivity index is 5.48. The summed E-state index contributed by atoms with van der Waals surface area (Å²) in [5.74, 6) is -6.30. The van der Waals surface area contributed by atoms with Crippen molar-refractivity contribution in [2.45, 2.75) is 110 Å². The van der Waals surface area contributed by atoms with E-state index in [1.807, 2.05) is 20.8 Å². The maximum atomic E-state index is 13.0. The molecule has 0 unspecified atom stereocenters. The zero-order chi connectivity index (χ0) is 32.0. The molecule has 41 heavy (non-hydrogen) atoms. The number of carbonyl (C=O) groups excluding carboxylic acids is 5. The molecule has 0 aromatic heterocycles. The fraction of sp³-hybridized carbons (Fsp3) is 0.731. The Morgan fingerprint density at radius 1 is 0.659 bits per heavy atom. The molecule has 0 radical (unpaired) electrons. The van der Waals surface area contributed by atoms with Crippen LogP contribution in [0.1, 0.15) is 74.1 Å². The number of hydrogen-bond acceptors (Lipinski definition) is 8. The molecule has 5 amide bonds. The molecule has 0 spiro atoms. The van der Waals surface area contributed by atoms with E-state index in [0.717, 1.165) is 0 Å². The van der Waals surface area contributed by atoms with Gasteiger partial charge in [0, 0.05) is 6.42 Å². The van der Waals surface area contributed by atoms with Crippen molar-refractivity contribution in [1.29, 1.82) is 0 Å². The highest BCUT2D eigenvalue weighted by Crippen LogP contribution is 2.10. The highest BCUT2D eigenvalue weighted by Gasteiger charge is 2.32. The van der Waals surface area contributed by atoms with Crippen LogP contribution in [0.4, 0.5) is 0 Å². The largest absolute Gasteiger partial charge is 0.481 e. The molecule has 0 aromatic carbocycles. The third-order valence-corrected chi connectivity index (χ3v) is 6.37. The molecule has 0 bridgehead atoms. The summed E-state index contributed by atoms with van der Waals surface area (Å²) in [5.41, 5.74) is 5.94. The van der Waals surface area contributed by atoms with Crippen molar-refractivity contribution in [3.63, 3.8) is 0 Å². The summed E-state index contributed by atoms with van der Waals surface area (Å²) < 4.78 is 0. The molecule has 0 aliphatic heterocycles. The van der Waals surface area contributed by atoms with Gasteiger partial charge < -0.3 is 42.5 Å². The van der Waals surface area contributed by atoms with E-state index in [9.17, 15) is 33.6 Å². The molecular formula is C26H46N6O9. The Morgan fingerprint density at radius 2 is 1.15 bits per heavy atom. The Hall–Kier alpha value is -3.75. The smallest absolute Gasteiger partial charge is 0.325 e. The molecule has 15 nitrogen and oxygen atoms in total. The normalized spacial score (nSPS) is 16.1. The number of carboxylic acid groups (broad SMARTS) is 2. The lowest BCUT2D eigenvalue weighted by molar-refractivity contribution is -0.141. The first-order chi connectivity index (χ1) is 18.9. The van der Waals surface area contributed by atoms with Gasteiger partial charge in [-0.05, 0) is 45.4 Å². The summed E-state index contributed by atoms with van der Waals surface area (Å²) in [5, 5.41) is 30.0. The first-order valence-electron chi connectivity index (χ1n) is 13.6. The molecule has 0 fully saturated rings. The van der Waals surface area contributed by atoms with Gasteiger partial charge in [0.25, 0.3) is 0 Å². The van der Waals surface area contributed by atoms with Gasteiger partial charge in [0.1, 0.15) is 30.2 Å². The number of carbonyl (C=O) groups is 7. The topological polar surface area (TPSA) is 246 Å². The van der Waals surface area contributed by atoms with E-state index in [1.165, 1.54) is 20.8 Å². The van der Waals surface area contributed by atoms with Crippen molar-refractivity contribution in [3.8, 4) is 0 Å². The highest BCUT2D eigenvalue weighted by atomic mass is 16.4. The number of nitrogens with one attached hydrogen (secondary N) is 5. The van der Waals surface area contributed by atoms with E-state index < -0.39 is 84.1 Å². The zero-order valence-corrected chi connectivity index (χ0v) is 24.8. The monoisotopic (exact) mass is 586 g/mol. The van der Waals surface area contributed by atoms with Crippen molar-refractivity contribution < 1.29 is 43.8 Å². The van der Waals surface area contributed by atoms with Gasteiger partial charge in [-0.3, -0.25) is 33.6 Å². The number of carboxylic acids is 2. The lowest BCUT2D eigenvalue weighted by Gasteiger charge is -2.27. The van der Waals surface area contributed by atoms with Crippen LogP contribution >= 0.6 is 0 Å². The Morgan fingerprint density at radius 3 is 1.61 bits per heavy atom. The third-order valence-electron chi connectivity index (χ3n) is 6.37. The maximum Gasteiger partial charge on any atom is 0.325 e. The molecule has 9 N–H and O–H groups in total. The van der Waals surface area contributed by atoms with Gasteiger partial charge in [0.2, 0.25) is 29.5 Å². The van der Waals surface area contributed by atoms with Gasteiger partial charge in [-0.1, -0.05) is 34.1 Å². The van der Waals surface area contributed by atoms with Crippen LogP contribution in [0.25, 0.3) is 0 Å². The minimum Gasteiger partial charge on any atom is -0.481 e. The number of amides is 5. The minimum atomic E-state index is -1.39. The molecule has 0 saturated heterocycles. The zero-order valence-electron chi connectivity index (χ0n) is 24.8. The lowest BCUT2D eigenvalue weighted by atomic mass is 9.96. The molecule has 0 heterocycles. The molecule has 0 aliphatic carbocycles. The lowest BCUT2D eigenvalue weighted by Crippen LogP contribution is -2.59. The SMILES string of the molecule is CC[C@H](C)[C@H](NC(=O)[C@@H](N)CC(C)C)C(=O)N[C@@H](C)C(=O)N[C@@H](CCC(=O)O)C(=O)N[C@@H](C)C(=O)N[C@@H](C)C(=O)O. The van der Waals surface area contributed by atoms with Gasteiger partial charge in [0.05, 0.1) is 6.04 Å². The van der Waals surface area contributed by atoms with E-state index in [2.05, 4.69) is 26.6 Å². The van der Waals surface area contributed by atoms with E-state index in [4.69, 9.17) is 15.9 Å². The first kappa shape index (κ1) is 37.2. The van der Waals surface area contributed by atoms with Gasteiger partial charge in [-0.25, -0.2) is 0 Å². The second kappa shape index (κ2) is 17.8. The second-order valence-corrected chi connectivity index (χ2v) is 10.6. The second-order valence-electron chi connectivity index (χ2n) is 10.6. The number of nitrogens with two attached hydrogens (primary N) is 1. The molecule has 0 aliphatic rings. The molecule has 0 aromatic rings. The van der Waals surface area contributed by atoms with Crippen LogP contribution in [0.2, 0.25) is 0 Å². The van der Waals surface area contributed by atoms with Crippen molar-refractivity contribution in [2.75, 3.05) is 0 Å². The molecule has 7 atom stereocenters. The van der Waals surface area contributed by atoms with E-state index >= 15 is 0 Å². The van der Waals surface area contributed by atoms with Gasteiger partial charge in [-0.15, -0.1) is 0 Å². The van der Waals surface area contributed by atoms with Crippen LogP contribution in [-0.2, 0) is 33.6 Å². The van der Waals surface area contributed by atoms with Crippen molar-refractivity contribution >= 4 is 41.5 Å². The highest BCUT2D eigenvalue weighted by molar-refractivity contribution is 5.96. The molecular weight excluding hydrogens is 540 g/mol. The average molecular weight is 587 g/mol. The van der Waals surface area contributed by atoms with Crippen molar-refractivity contribution in [2.24, 2.45) is 17.6 Å². The van der Waals surface area contributed by atoms with Crippen LogP contribution in [0.15, 0.2) is 0 Å². The number of rotatable bonds is 18. The van der Waals surface area contributed by atoms with Crippen LogP contribution < -0.4 is 32.3 Å². The van der Waals surface area contributed by atoms with Crippen LogP contribution in [0, 0.1) is 11.8 Å². The predicted molar refractivity (Wildman–Crippen MR) is 148 cm³/mol. The summed E-state index contributed by atoms with van der Waals surface area (Å²) in [7, 11) is 0. The van der Waals surface area contributed by atoms with Crippen LogP contribution in [-0.4, -0.2) is 87.9 Å². The summed E-state index contributed by atoms with van der Waals surface area (Å²) in [4.78, 5) is 85.5. The summed E-state index contributed by atoms with van der Waals surface area (Å²) in [6, 6.07) is -6.80. The molecule has 0 rings (SSSR count). The fourth-order valence-electron chi connectivity index (χ4n) is 3.56. The minimum absolute atomic E-state index is 0.160. The van der Waals surface area contributed by atoms with Crippen molar-refractivity contribution in [1.82, 2.24) is 26.6 Å². The predicted octanol–water partition coefficient (Wildman–Crippen LogP) is -1.16. The standard InChI is InChI=1S/C26H46N6O9/c1-8-13(4)20(32-23(37)17(27)11-12(2)3)25(39)29-15(6)22(36)31-18(9-10-19(33)34)24(38)28-14(5)21(35)30-16(7)26(40)41/h12-18,20H,8-11,27H2,1-7H3,(H,28,38)(H,29,39)(H,30,35)(H,31,36)(H,32,37)(H,33,34)(H,40,41)/t13-,14-,15-,16-,17-,18-,20-/m0/s1.